The minimum absolute atomic E-state index is 0.0308. The Morgan fingerprint density at radius 2 is 2.26 bits per heavy atom. The summed E-state index contributed by atoms with van der Waals surface area (Å²) in [7, 11) is 0. The Balaban J connectivity index is 2.10. The van der Waals surface area contributed by atoms with Crippen molar-refractivity contribution in [3.8, 4) is 11.8 Å². The van der Waals surface area contributed by atoms with Gasteiger partial charge in [0, 0.05) is 17.2 Å². The number of hydrogen-bond donors (Lipinski definition) is 2. The van der Waals surface area contributed by atoms with Gasteiger partial charge in [-0.1, -0.05) is 25.2 Å². The van der Waals surface area contributed by atoms with Crippen LogP contribution in [-0.2, 0) is 0 Å². The summed E-state index contributed by atoms with van der Waals surface area (Å²) in [4.78, 5) is 12.1. The van der Waals surface area contributed by atoms with E-state index in [1.807, 2.05) is 19.1 Å². The zero-order valence-electron chi connectivity index (χ0n) is 11.4. The molecule has 0 aliphatic heterocycles. The van der Waals surface area contributed by atoms with Crippen molar-refractivity contribution in [2.24, 2.45) is 5.92 Å². The van der Waals surface area contributed by atoms with Crippen molar-refractivity contribution in [1.82, 2.24) is 5.32 Å². The van der Waals surface area contributed by atoms with Crippen LogP contribution in [0.15, 0.2) is 18.2 Å². The van der Waals surface area contributed by atoms with E-state index >= 15 is 0 Å². The van der Waals surface area contributed by atoms with E-state index < -0.39 is 0 Å². The first-order valence-corrected chi connectivity index (χ1v) is 6.66. The van der Waals surface area contributed by atoms with Crippen LogP contribution in [0.4, 0.5) is 0 Å². The van der Waals surface area contributed by atoms with Crippen LogP contribution in [0, 0.1) is 24.7 Å². The summed E-state index contributed by atoms with van der Waals surface area (Å²) in [5.41, 5.74) is 2.41. The lowest BCUT2D eigenvalue weighted by molar-refractivity contribution is 0.0949. The molecule has 0 heterocycles. The molecule has 0 bridgehead atoms. The summed E-state index contributed by atoms with van der Waals surface area (Å²) in [6, 6.07) is 5.88. The third-order valence-corrected chi connectivity index (χ3v) is 3.41. The molecule has 2 rings (SSSR count). The Hall–Kier alpha value is -1.79. The van der Waals surface area contributed by atoms with Gasteiger partial charge in [-0.3, -0.25) is 4.79 Å². The molecular formula is C16H19NO2. The summed E-state index contributed by atoms with van der Waals surface area (Å²) < 4.78 is 0. The molecule has 3 heteroatoms. The number of carbonyl (C=O) groups excluding carboxylic acids is 1. The maximum absolute atomic E-state index is 12.1. The van der Waals surface area contributed by atoms with Gasteiger partial charge < -0.3 is 10.4 Å². The van der Waals surface area contributed by atoms with Crippen LogP contribution in [-0.4, -0.2) is 23.7 Å². The van der Waals surface area contributed by atoms with Gasteiger partial charge in [0.2, 0.25) is 0 Å². The normalized spacial score (nSPS) is 20.4. The number of benzene rings is 1. The lowest BCUT2D eigenvalue weighted by Gasteiger charge is -2.06. The van der Waals surface area contributed by atoms with Gasteiger partial charge in [-0.25, -0.2) is 0 Å². The molecule has 1 aliphatic carbocycles. The number of hydrogen-bond acceptors (Lipinski definition) is 2. The van der Waals surface area contributed by atoms with Crippen molar-refractivity contribution in [3.05, 3.63) is 34.9 Å². The topological polar surface area (TPSA) is 49.3 Å². The molecule has 0 spiro atoms. The lowest BCUT2D eigenvalue weighted by atomic mass is 10.1. The molecule has 19 heavy (non-hydrogen) atoms. The van der Waals surface area contributed by atoms with Gasteiger partial charge in [-0.05, 0) is 43.0 Å². The Morgan fingerprint density at radius 3 is 2.89 bits per heavy atom. The number of aryl methyl sites for hydroxylation is 1. The van der Waals surface area contributed by atoms with Gasteiger partial charge in [-0.15, -0.1) is 0 Å². The van der Waals surface area contributed by atoms with Crippen molar-refractivity contribution in [2.75, 3.05) is 6.61 Å². The molecule has 2 N–H and O–H groups in total. The molecule has 1 amide bonds. The average molecular weight is 257 g/mol. The Labute approximate surface area is 114 Å². The Kier molecular flexibility index (Phi) is 4.24. The van der Waals surface area contributed by atoms with Gasteiger partial charge in [0.25, 0.3) is 5.91 Å². The molecule has 0 aromatic heterocycles. The molecule has 1 aromatic rings. The minimum Gasteiger partial charge on any atom is -0.384 e. The van der Waals surface area contributed by atoms with E-state index in [1.165, 1.54) is 0 Å². The van der Waals surface area contributed by atoms with E-state index in [0.29, 0.717) is 17.5 Å². The van der Waals surface area contributed by atoms with E-state index in [1.54, 1.807) is 6.07 Å². The average Bonchev–Trinajstić information content (AvgIpc) is 3.14. The Morgan fingerprint density at radius 1 is 1.47 bits per heavy atom. The molecule has 0 saturated heterocycles. The van der Waals surface area contributed by atoms with Crippen LogP contribution in [0.1, 0.15) is 41.3 Å². The molecule has 2 unspecified atom stereocenters. The molecule has 3 nitrogen and oxygen atoms in total. The van der Waals surface area contributed by atoms with Crippen molar-refractivity contribution < 1.29 is 9.90 Å². The third-order valence-electron chi connectivity index (χ3n) is 3.41. The quantitative estimate of drug-likeness (QED) is 0.812. The summed E-state index contributed by atoms with van der Waals surface area (Å²) in [6.45, 7) is 3.91. The lowest BCUT2D eigenvalue weighted by Crippen LogP contribution is -2.26. The van der Waals surface area contributed by atoms with Crippen molar-refractivity contribution in [2.45, 2.75) is 32.7 Å². The number of aliphatic hydroxyl groups is 1. The van der Waals surface area contributed by atoms with E-state index in [0.717, 1.165) is 24.0 Å². The predicted molar refractivity (Wildman–Crippen MR) is 74.8 cm³/mol. The molecule has 1 fully saturated rings. The van der Waals surface area contributed by atoms with Gasteiger partial charge in [0.1, 0.15) is 6.61 Å². The Bertz CT molecular complexity index is 539. The second kappa shape index (κ2) is 5.90. The van der Waals surface area contributed by atoms with Crippen LogP contribution in [0.25, 0.3) is 0 Å². The molecule has 2 atom stereocenters. The SMILES string of the molecule is CCC1CC1NC(=O)c1cc(C)cc(C#CCO)c1. The number of carbonyl (C=O) groups is 1. The fourth-order valence-electron chi connectivity index (χ4n) is 2.26. The van der Waals surface area contributed by atoms with Crippen LogP contribution in [0.3, 0.4) is 0 Å². The standard InChI is InChI=1S/C16H19NO2/c1-3-13-10-15(13)17-16(19)14-8-11(2)7-12(9-14)5-4-6-18/h7-9,13,15,18H,3,6,10H2,1-2H3,(H,17,19). The predicted octanol–water partition coefficient (Wildman–Crippen LogP) is 1.87. The summed E-state index contributed by atoms with van der Waals surface area (Å²) in [5.74, 6) is 6.05. The molecule has 100 valence electrons. The maximum Gasteiger partial charge on any atom is 0.251 e. The highest BCUT2D eigenvalue weighted by Gasteiger charge is 2.36. The summed E-state index contributed by atoms with van der Waals surface area (Å²) >= 11 is 0. The van der Waals surface area contributed by atoms with Crippen molar-refractivity contribution >= 4 is 5.91 Å². The first-order chi connectivity index (χ1) is 9.13. The molecule has 0 radical (unpaired) electrons. The second-order valence-corrected chi connectivity index (χ2v) is 5.03. The van der Waals surface area contributed by atoms with Gasteiger partial charge >= 0.3 is 0 Å². The fourth-order valence-corrected chi connectivity index (χ4v) is 2.26. The highest BCUT2D eigenvalue weighted by atomic mass is 16.2. The first-order valence-electron chi connectivity index (χ1n) is 6.66. The molecule has 1 aromatic carbocycles. The van der Waals surface area contributed by atoms with E-state index in [9.17, 15) is 4.79 Å². The van der Waals surface area contributed by atoms with Crippen LogP contribution >= 0.6 is 0 Å². The van der Waals surface area contributed by atoms with Crippen molar-refractivity contribution in [1.29, 1.82) is 0 Å². The van der Waals surface area contributed by atoms with Crippen LogP contribution in [0.2, 0.25) is 0 Å². The third kappa shape index (κ3) is 3.59. The second-order valence-electron chi connectivity index (χ2n) is 5.03. The zero-order valence-corrected chi connectivity index (χ0v) is 11.4. The summed E-state index contributed by atoms with van der Waals surface area (Å²) in [6.07, 6.45) is 2.21. The fraction of sp³-hybridized carbons (Fsp3) is 0.438. The van der Waals surface area contributed by atoms with E-state index in [2.05, 4.69) is 24.1 Å². The highest BCUT2D eigenvalue weighted by Crippen LogP contribution is 2.33. The maximum atomic E-state index is 12.1. The van der Waals surface area contributed by atoms with Crippen LogP contribution in [0.5, 0.6) is 0 Å². The number of aliphatic hydroxyl groups excluding tert-OH is 1. The number of rotatable bonds is 3. The monoisotopic (exact) mass is 257 g/mol. The largest absolute Gasteiger partial charge is 0.384 e. The van der Waals surface area contributed by atoms with E-state index in [4.69, 9.17) is 5.11 Å². The van der Waals surface area contributed by atoms with Crippen molar-refractivity contribution in [3.63, 3.8) is 0 Å². The first kappa shape index (κ1) is 13.6. The number of amides is 1. The highest BCUT2D eigenvalue weighted by molar-refractivity contribution is 5.95. The van der Waals surface area contributed by atoms with E-state index in [-0.39, 0.29) is 12.5 Å². The molecule has 1 aliphatic rings. The van der Waals surface area contributed by atoms with Gasteiger partial charge in [0.05, 0.1) is 0 Å². The minimum atomic E-state index is -0.171. The smallest absolute Gasteiger partial charge is 0.251 e. The van der Waals surface area contributed by atoms with Crippen LogP contribution < -0.4 is 5.32 Å². The van der Waals surface area contributed by atoms with Gasteiger partial charge in [0.15, 0.2) is 0 Å². The zero-order chi connectivity index (χ0) is 13.8. The number of nitrogens with one attached hydrogen (secondary N) is 1. The molecular weight excluding hydrogens is 238 g/mol. The van der Waals surface area contributed by atoms with Gasteiger partial charge in [-0.2, -0.15) is 0 Å². The molecule has 1 saturated carbocycles. The summed E-state index contributed by atoms with van der Waals surface area (Å²) in [5, 5.41) is 11.8.